The topological polar surface area (TPSA) is 17.3 Å². The summed E-state index contributed by atoms with van der Waals surface area (Å²) in [6.45, 7) is 3.78. The number of hydrogen-bond donors (Lipinski definition) is 0. The first-order chi connectivity index (χ1) is 7.43. The van der Waals surface area contributed by atoms with E-state index in [1.54, 1.807) is 4.40 Å². The SMILES string of the molecule is CCc1nc2cc(C(F)(F)F)ccn2c1C. The minimum atomic E-state index is -4.31. The maximum Gasteiger partial charge on any atom is 0.416 e. The lowest BCUT2D eigenvalue weighted by Gasteiger charge is -2.06. The summed E-state index contributed by atoms with van der Waals surface area (Å²) in [5.74, 6) is 0. The lowest BCUT2D eigenvalue weighted by molar-refractivity contribution is -0.137. The fourth-order valence-corrected chi connectivity index (χ4v) is 1.73. The first-order valence-electron chi connectivity index (χ1n) is 4.98. The van der Waals surface area contributed by atoms with Crippen LogP contribution in [0.3, 0.4) is 0 Å². The molecule has 2 aromatic heterocycles. The molecule has 0 aliphatic carbocycles. The molecule has 0 aromatic carbocycles. The number of halogens is 3. The third kappa shape index (κ3) is 1.66. The van der Waals surface area contributed by atoms with Crippen molar-refractivity contribution in [2.75, 3.05) is 0 Å². The Balaban J connectivity index is 2.64. The molecule has 0 saturated heterocycles. The predicted octanol–water partition coefficient (Wildman–Crippen LogP) is 3.22. The number of pyridine rings is 1. The highest BCUT2D eigenvalue weighted by Crippen LogP contribution is 2.30. The average Bonchev–Trinajstić information content (AvgIpc) is 2.54. The van der Waals surface area contributed by atoms with Crippen molar-refractivity contribution in [2.45, 2.75) is 26.4 Å². The molecular weight excluding hydrogens is 217 g/mol. The highest BCUT2D eigenvalue weighted by atomic mass is 19.4. The largest absolute Gasteiger partial charge is 0.416 e. The molecule has 0 saturated carbocycles. The van der Waals surface area contributed by atoms with Crippen LogP contribution in [0, 0.1) is 6.92 Å². The molecule has 86 valence electrons. The molecule has 0 amide bonds. The molecule has 2 aromatic rings. The van der Waals surface area contributed by atoms with E-state index in [2.05, 4.69) is 4.98 Å². The fraction of sp³-hybridized carbons (Fsp3) is 0.364. The first-order valence-corrected chi connectivity index (χ1v) is 4.98. The van der Waals surface area contributed by atoms with Gasteiger partial charge in [0.05, 0.1) is 11.3 Å². The molecule has 0 atom stereocenters. The summed E-state index contributed by atoms with van der Waals surface area (Å²) in [7, 11) is 0. The zero-order chi connectivity index (χ0) is 11.9. The van der Waals surface area contributed by atoms with Crippen LogP contribution in [0.1, 0.15) is 23.9 Å². The van der Waals surface area contributed by atoms with E-state index in [-0.39, 0.29) is 0 Å². The Kier molecular flexibility index (Phi) is 2.40. The van der Waals surface area contributed by atoms with Crippen molar-refractivity contribution in [3.05, 3.63) is 35.3 Å². The third-order valence-corrected chi connectivity index (χ3v) is 2.63. The molecule has 16 heavy (non-hydrogen) atoms. The van der Waals surface area contributed by atoms with E-state index < -0.39 is 11.7 Å². The Morgan fingerprint density at radius 3 is 2.62 bits per heavy atom. The number of alkyl halides is 3. The predicted molar refractivity (Wildman–Crippen MR) is 54.3 cm³/mol. The minimum Gasteiger partial charge on any atom is -0.304 e. The highest BCUT2D eigenvalue weighted by molar-refractivity contribution is 5.46. The normalized spacial score (nSPS) is 12.3. The standard InChI is InChI=1S/C11H11F3N2/c1-3-9-7(2)16-5-4-8(11(12,13)14)6-10(16)15-9/h4-6H,3H2,1-2H3. The Labute approximate surface area is 90.7 Å². The summed E-state index contributed by atoms with van der Waals surface area (Å²) >= 11 is 0. The maximum absolute atomic E-state index is 12.5. The fourth-order valence-electron chi connectivity index (χ4n) is 1.73. The summed E-state index contributed by atoms with van der Waals surface area (Å²) < 4.78 is 39.1. The van der Waals surface area contributed by atoms with Crippen molar-refractivity contribution < 1.29 is 13.2 Å². The second-order valence-electron chi connectivity index (χ2n) is 3.64. The van der Waals surface area contributed by atoms with E-state index in [9.17, 15) is 13.2 Å². The highest BCUT2D eigenvalue weighted by Gasteiger charge is 2.30. The van der Waals surface area contributed by atoms with Crippen LogP contribution in [0.2, 0.25) is 0 Å². The number of nitrogens with zero attached hydrogens (tertiary/aromatic N) is 2. The van der Waals surface area contributed by atoms with Crippen LogP contribution in [0.4, 0.5) is 13.2 Å². The molecule has 0 unspecified atom stereocenters. The van der Waals surface area contributed by atoms with Crippen molar-refractivity contribution >= 4 is 5.65 Å². The number of imidazole rings is 1. The average molecular weight is 228 g/mol. The van der Waals surface area contributed by atoms with Crippen molar-refractivity contribution in [1.29, 1.82) is 0 Å². The van der Waals surface area contributed by atoms with Gasteiger partial charge in [-0.15, -0.1) is 0 Å². The smallest absolute Gasteiger partial charge is 0.304 e. The molecule has 0 bridgehead atoms. The van der Waals surface area contributed by atoms with E-state index in [0.717, 1.165) is 29.9 Å². The number of aromatic nitrogens is 2. The zero-order valence-corrected chi connectivity index (χ0v) is 8.97. The van der Waals surface area contributed by atoms with Crippen molar-refractivity contribution in [3.8, 4) is 0 Å². The number of hydrogen-bond acceptors (Lipinski definition) is 1. The first kappa shape index (κ1) is 11.0. The van der Waals surface area contributed by atoms with Gasteiger partial charge in [0.25, 0.3) is 0 Å². The number of aryl methyl sites for hydroxylation is 2. The number of fused-ring (bicyclic) bond motifs is 1. The summed E-state index contributed by atoms with van der Waals surface area (Å²) in [6.07, 6.45) is -2.18. The minimum absolute atomic E-state index is 0.351. The molecular formula is C11H11F3N2. The van der Waals surface area contributed by atoms with Gasteiger partial charge in [-0.1, -0.05) is 6.92 Å². The summed E-state index contributed by atoms with van der Waals surface area (Å²) in [5, 5.41) is 0. The molecule has 0 spiro atoms. The molecule has 2 rings (SSSR count). The van der Waals surface area contributed by atoms with Gasteiger partial charge in [-0.05, 0) is 25.5 Å². The van der Waals surface area contributed by atoms with Gasteiger partial charge in [-0.25, -0.2) is 4.98 Å². The van der Waals surface area contributed by atoms with Gasteiger partial charge in [0.1, 0.15) is 5.65 Å². The summed E-state index contributed by atoms with van der Waals surface area (Å²) in [5.41, 5.74) is 1.42. The lowest BCUT2D eigenvalue weighted by atomic mass is 10.2. The quantitative estimate of drug-likeness (QED) is 0.732. The lowest BCUT2D eigenvalue weighted by Crippen LogP contribution is -2.05. The van der Waals surface area contributed by atoms with E-state index in [1.165, 1.54) is 6.20 Å². The van der Waals surface area contributed by atoms with Crippen LogP contribution in [-0.4, -0.2) is 9.38 Å². The van der Waals surface area contributed by atoms with E-state index in [1.807, 2.05) is 13.8 Å². The van der Waals surface area contributed by atoms with Crippen molar-refractivity contribution in [3.63, 3.8) is 0 Å². The van der Waals surface area contributed by atoms with Crippen molar-refractivity contribution in [1.82, 2.24) is 9.38 Å². The van der Waals surface area contributed by atoms with Crippen LogP contribution < -0.4 is 0 Å². The molecule has 0 radical (unpaired) electrons. The molecule has 0 N–H and O–H groups in total. The van der Waals surface area contributed by atoms with Crippen molar-refractivity contribution in [2.24, 2.45) is 0 Å². The molecule has 0 aliphatic heterocycles. The van der Waals surface area contributed by atoms with Crippen LogP contribution in [0.5, 0.6) is 0 Å². The zero-order valence-electron chi connectivity index (χ0n) is 8.97. The maximum atomic E-state index is 12.5. The molecule has 2 heterocycles. The van der Waals surface area contributed by atoms with Crippen LogP contribution in [0.15, 0.2) is 18.3 Å². The van der Waals surface area contributed by atoms with Gasteiger partial charge in [0.15, 0.2) is 0 Å². The molecule has 0 fully saturated rings. The van der Waals surface area contributed by atoms with E-state index in [4.69, 9.17) is 0 Å². The summed E-state index contributed by atoms with van der Waals surface area (Å²) in [6, 6.07) is 2.15. The second-order valence-corrected chi connectivity index (χ2v) is 3.64. The third-order valence-electron chi connectivity index (χ3n) is 2.63. The van der Waals surface area contributed by atoms with Gasteiger partial charge in [0, 0.05) is 11.9 Å². The molecule has 2 nitrogen and oxygen atoms in total. The van der Waals surface area contributed by atoms with Gasteiger partial charge < -0.3 is 4.40 Å². The monoisotopic (exact) mass is 228 g/mol. The van der Waals surface area contributed by atoms with Gasteiger partial charge >= 0.3 is 6.18 Å². The van der Waals surface area contributed by atoms with Crippen LogP contribution in [0.25, 0.3) is 5.65 Å². The number of rotatable bonds is 1. The van der Waals surface area contributed by atoms with Crippen LogP contribution >= 0.6 is 0 Å². The molecule has 5 heteroatoms. The van der Waals surface area contributed by atoms with E-state index >= 15 is 0 Å². The Hall–Kier alpha value is -1.52. The van der Waals surface area contributed by atoms with Crippen LogP contribution in [-0.2, 0) is 12.6 Å². The Bertz CT molecular complexity index is 526. The molecule has 0 aliphatic rings. The Morgan fingerprint density at radius 1 is 1.38 bits per heavy atom. The van der Waals surface area contributed by atoms with Gasteiger partial charge in [-0.2, -0.15) is 13.2 Å². The Morgan fingerprint density at radius 2 is 2.06 bits per heavy atom. The van der Waals surface area contributed by atoms with Gasteiger partial charge in [-0.3, -0.25) is 0 Å². The van der Waals surface area contributed by atoms with Gasteiger partial charge in [0.2, 0.25) is 0 Å². The van der Waals surface area contributed by atoms with E-state index in [0.29, 0.717) is 5.65 Å². The second kappa shape index (κ2) is 3.50. The summed E-state index contributed by atoms with van der Waals surface area (Å²) in [4.78, 5) is 4.17.